The highest BCUT2D eigenvalue weighted by atomic mass is 31.2. The van der Waals surface area contributed by atoms with E-state index in [1.54, 1.807) is 6.92 Å². The summed E-state index contributed by atoms with van der Waals surface area (Å²) in [6, 6.07) is 0. The molecule has 1 unspecified atom stereocenters. The highest BCUT2D eigenvalue weighted by molar-refractivity contribution is 7.78. The summed E-state index contributed by atoms with van der Waals surface area (Å²) in [7, 11) is -7.60. The molecule has 162 valence electrons. The van der Waals surface area contributed by atoms with Gasteiger partial charge in [0.15, 0.2) is 0 Å². The Bertz CT molecular complexity index is 465. The number of unbranched alkanes of at least 4 members (excludes halogenated alkanes) is 6. The molecule has 0 aromatic carbocycles. The molecule has 0 amide bonds. The normalized spacial score (nSPS) is 14.2. The molecule has 0 aromatic rings. The van der Waals surface area contributed by atoms with E-state index in [-0.39, 0.29) is 31.5 Å². The monoisotopic (exact) mass is 426 g/mol. The lowest BCUT2D eigenvalue weighted by atomic mass is 10.3. The van der Waals surface area contributed by atoms with Crippen molar-refractivity contribution in [3.05, 3.63) is 11.6 Å². The number of hydrogen-bond acceptors (Lipinski definition) is 6. The van der Waals surface area contributed by atoms with Crippen LogP contribution in [0.5, 0.6) is 0 Å². The van der Waals surface area contributed by atoms with Crippen LogP contribution in [0.1, 0.15) is 85.5 Å². The van der Waals surface area contributed by atoms with E-state index in [1.807, 2.05) is 0 Å². The maximum absolute atomic E-state index is 13.4. The predicted molar refractivity (Wildman–Crippen MR) is 112 cm³/mol. The van der Waals surface area contributed by atoms with Crippen LogP contribution in [0.15, 0.2) is 11.6 Å². The molecule has 0 aromatic heterocycles. The SMILES string of the molecule is C=C(P(=O)(OCC)OCCCCC)P(=O)(OCCCCC)OCCCCC. The third kappa shape index (κ3) is 11.0. The molecule has 0 rings (SSSR count). The van der Waals surface area contributed by atoms with Crippen molar-refractivity contribution in [2.75, 3.05) is 26.4 Å². The average molecular weight is 426 g/mol. The molecule has 0 aliphatic carbocycles. The van der Waals surface area contributed by atoms with Crippen LogP contribution in [0.2, 0.25) is 0 Å². The second-order valence-corrected chi connectivity index (χ2v) is 10.9. The molecular formula is C19H40O6P2. The van der Waals surface area contributed by atoms with Gasteiger partial charge in [-0.3, -0.25) is 9.13 Å². The van der Waals surface area contributed by atoms with Gasteiger partial charge in [-0.2, -0.15) is 0 Å². The van der Waals surface area contributed by atoms with Crippen LogP contribution in [-0.2, 0) is 27.2 Å². The first-order chi connectivity index (χ1) is 12.9. The summed E-state index contributed by atoms with van der Waals surface area (Å²) >= 11 is 0. The van der Waals surface area contributed by atoms with Crippen LogP contribution in [0.3, 0.4) is 0 Å². The Kier molecular flexibility index (Phi) is 15.9. The smallest absolute Gasteiger partial charge is 0.305 e. The highest BCUT2D eigenvalue weighted by Crippen LogP contribution is 2.73. The van der Waals surface area contributed by atoms with Gasteiger partial charge in [0.25, 0.3) is 0 Å². The summed E-state index contributed by atoms with van der Waals surface area (Å²) in [5, 5.41) is -0.179. The van der Waals surface area contributed by atoms with Crippen LogP contribution in [-0.4, -0.2) is 26.4 Å². The topological polar surface area (TPSA) is 71.1 Å². The van der Waals surface area contributed by atoms with Gasteiger partial charge in [-0.15, -0.1) is 0 Å². The lowest BCUT2D eigenvalue weighted by Crippen LogP contribution is -2.06. The van der Waals surface area contributed by atoms with E-state index < -0.39 is 15.2 Å². The van der Waals surface area contributed by atoms with Gasteiger partial charge in [-0.05, 0) is 26.2 Å². The molecule has 0 N–H and O–H groups in total. The average Bonchev–Trinajstić information content (AvgIpc) is 2.65. The van der Waals surface area contributed by atoms with Gasteiger partial charge in [0, 0.05) is 0 Å². The summed E-state index contributed by atoms with van der Waals surface area (Å²) in [5.41, 5.74) is 0. The second kappa shape index (κ2) is 15.9. The molecule has 0 spiro atoms. The zero-order chi connectivity index (χ0) is 20.6. The summed E-state index contributed by atoms with van der Waals surface area (Å²) < 4.78 is 48.7. The van der Waals surface area contributed by atoms with Gasteiger partial charge >= 0.3 is 15.2 Å². The summed E-state index contributed by atoms with van der Waals surface area (Å²) in [6.07, 6.45) is 8.18. The van der Waals surface area contributed by atoms with E-state index in [1.165, 1.54) is 0 Å². The molecule has 0 fully saturated rings. The first-order valence-corrected chi connectivity index (χ1v) is 13.5. The van der Waals surface area contributed by atoms with Crippen molar-refractivity contribution >= 4 is 15.2 Å². The minimum atomic E-state index is -3.81. The van der Waals surface area contributed by atoms with Gasteiger partial charge in [0.2, 0.25) is 0 Å². The van der Waals surface area contributed by atoms with Gasteiger partial charge in [0.05, 0.1) is 26.4 Å². The minimum absolute atomic E-state index is 0.162. The quantitative estimate of drug-likeness (QED) is 0.157. The predicted octanol–water partition coefficient (Wildman–Crippen LogP) is 7.50. The van der Waals surface area contributed by atoms with Crippen molar-refractivity contribution in [1.82, 2.24) is 0 Å². The van der Waals surface area contributed by atoms with E-state index in [2.05, 4.69) is 27.4 Å². The van der Waals surface area contributed by atoms with Crippen LogP contribution in [0.4, 0.5) is 0 Å². The van der Waals surface area contributed by atoms with E-state index in [0.29, 0.717) is 0 Å². The molecule has 0 radical (unpaired) electrons. The van der Waals surface area contributed by atoms with Gasteiger partial charge in [-0.1, -0.05) is 65.9 Å². The van der Waals surface area contributed by atoms with Crippen molar-refractivity contribution in [2.24, 2.45) is 0 Å². The molecule has 1 atom stereocenters. The minimum Gasteiger partial charge on any atom is -0.305 e. The fourth-order valence-corrected chi connectivity index (χ4v) is 6.39. The summed E-state index contributed by atoms with van der Waals surface area (Å²) in [4.78, 5) is 0. The molecule has 0 aliphatic heterocycles. The van der Waals surface area contributed by atoms with E-state index >= 15 is 0 Å². The lowest BCUT2D eigenvalue weighted by molar-refractivity contribution is 0.196. The van der Waals surface area contributed by atoms with E-state index in [0.717, 1.165) is 57.8 Å². The van der Waals surface area contributed by atoms with E-state index in [4.69, 9.17) is 18.1 Å². The van der Waals surface area contributed by atoms with Crippen molar-refractivity contribution in [1.29, 1.82) is 0 Å². The van der Waals surface area contributed by atoms with Crippen molar-refractivity contribution in [2.45, 2.75) is 85.5 Å². The fraction of sp³-hybridized carbons (Fsp3) is 0.895. The molecule has 0 bridgehead atoms. The second-order valence-electron chi connectivity index (χ2n) is 6.45. The highest BCUT2D eigenvalue weighted by Gasteiger charge is 2.44. The molecule has 6 nitrogen and oxygen atoms in total. The van der Waals surface area contributed by atoms with Crippen molar-refractivity contribution in [3.63, 3.8) is 0 Å². The van der Waals surface area contributed by atoms with Crippen LogP contribution < -0.4 is 0 Å². The molecule has 0 saturated heterocycles. The largest absolute Gasteiger partial charge is 0.368 e. The Morgan fingerprint density at radius 1 is 0.630 bits per heavy atom. The fourth-order valence-electron chi connectivity index (χ4n) is 2.30. The van der Waals surface area contributed by atoms with Crippen LogP contribution in [0.25, 0.3) is 0 Å². The van der Waals surface area contributed by atoms with Gasteiger partial charge in [0.1, 0.15) is 5.06 Å². The third-order valence-electron chi connectivity index (χ3n) is 3.96. The van der Waals surface area contributed by atoms with Crippen LogP contribution in [0, 0.1) is 0 Å². The Labute approximate surface area is 166 Å². The van der Waals surface area contributed by atoms with Gasteiger partial charge < -0.3 is 18.1 Å². The van der Waals surface area contributed by atoms with Gasteiger partial charge in [-0.25, -0.2) is 0 Å². The molecular weight excluding hydrogens is 386 g/mol. The Balaban J connectivity index is 5.18. The Morgan fingerprint density at radius 3 is 1.26 bits per heavy atom. The molecule has 0 heterocycles. The molecule has 0 saturated carbocycles. The molecule has 0 aliphatic rings. The van der Waals surface area contributed by atoms with Crippen LogP contribution >= 0.6 is 15.2 Å². The maximum Gasteiger partial charge on any atom is 0.368 e. The molecule has 27 heavy (non-hydrogen) atoms. The third-order valence-corrected chi connectivity index (χ3v) is 8.86. The number of hydrogen-bond donors (Lipinski definition) is 0. The zero-order valence-corrected chi connectivity index (χ0v) is 19.5. The standard InChI is InChI=1S/C19H40O6P2/c1-6-10-13-16-23-26(20,22-9-4)19(5)27(21,24-17-14-11-7-2)25-18-15-12-8-3/h5-18H2,1-4H3. The lowest BCUT2D eigenvalue weighted by Gasteiger charge is -2.26. The molecule has 8 heteroatoms. The first kappa shape index (κ1) is 27.0. The Hall–Kier alpha value is 0.0400. The maximum atomic E-state index is 13.4. The summed E-state index contributed by atoms with van der Waals surface area (Å²) in [5.74, 6) is 0. The Morgan fingerprint density at radius 2 is 0.963 bits per heavy atom. The first-order valence-electron chi connectivity index (χ1n) is 10.4. The van der Waals surface area contributed by atoms with Crippen molar-refractivity contribution < 1.29 is 27.2 Å². The number of rotatable bonds is 19. The zero-order valence-electron chi connectivity index (χ0n) is 17.7. The van der Waals surface area contributed by atoms with Crippen molar-refractivity contribution in [3.8, 4) is 0 Å². The van der Waals surface area contributed by atoms with E-state index in [9.17, 15) is 9.13 Å². The summed E-state index contributed by atoms with van der Waals surface area (Å²) in [6.45, 7) is 12.7.